The standard InChI is InChI=1S/C27H30BrN3O5S/c1-4-25(27(33)29-2)30(18-20-9-8-10-23(17-20)36-3)26(32)19-31(22-15-13-21(28)14-16-22)37(34,35)24-11-6-5-7-12-24/h5-17,25H,4,18-19H2,1-3H3,(H,29,33)/t25-/m1/s1. The number of amides is 2. The largest absolute Gasteiger partial charge is 0.497 e. The number of benzene rings is 3. The highest BCUT2D eigenvalue weighted by molar-refractivity contribution is 9.10. The van der Waals surface area contributed by atoms with Gasteiger partial charge in [-0.2, -0.15) is 0 Å². The molecule has 3 aromatic carbocycles. The second kappa shape index (κ2) is 12.7. The van der Waals surface area contributed by atoms with E-state index in [1.165, 1.54) is 24.1 Å². The molecule has 1 N–H and O–H groups in total. The lowest BCUT2D eigenvalue weighted by Gasteiger charge is -2.33. The second-order valence-corrected chi connectivity index (χ2v) is 11.0. The summed E-state index contributed by atoms with van der Waals surface area (Å²) in [6.07, 6.45) is 0.346. The van der Waals surface area contributed by atoms with Crippen molar-refractivity contribution in [3.8, 4) is 5.75 Å². The summed E-state index contributed by atoms with van der Waals surface area (Å²) in [7, 11) is -1.03. The van der Waals surface area contributed by atoms with Gasteiger partial charge in [0, 0.05) is 18.1 Å². The zero-order valence-electron chi connectivity index (χ0n) is 20.9. The maximum atomic E-state index is 13.9. The summed E-state index contributed by atoms with van der Waals surface area (Å²) in [6.45, 7) is 1.41. The number of sulfonamides is 1. The number of nitrogens with zero attached hydrogens (tertiary/aromatic N) is 2. The summed E-state index contributed by atoms with van der Waals surface area (Å²) >= 11 is 3.37. The van der Waals surface area contributed by atoms with Gasteiger partial charge in [-0.1, -0.05) is 53.2 Å². The Balaban J connectivity index is 2.04. The Kier molecular flexibility index (Phi) is 9.71. The molecule has 3 rings (SSSR count). The van der Waals surface area contributed by atoms with Gasteiger partial charge in [0.25, 0.3) is 10.0 Å². The van der Waals surface area contributed by atoms with Crippen LogP contribution >= 0.6 is 15.9 Å². The summed E-state index contributed by atoms with van der Waals surface area (Å²) in [4.78, 5) is 28.1. The molecular formula is C27H30BrN3O5S. The average Bonchev–Trinajstić information content (AvgIpc) is 2.92. The predicted molar refractivity (Wildman–Crippen MR) is 147 cm³/mol. The fraction of sp³-hybridized carbons (Fsp3) is 0.259. The SMILES string of the molecule is CC[C@H](C(=O)NC)N(Cc1cccc(OC)c1)C(=O)CN(c1ccc(Br)cc1)S(=O)(=O)c1ccccc1. The molecule has 3 aromatic rings. The lowest BCUT2D eigenvalue weighted by molar-refractivity contribution is -0.140. The highest BCUT2D eigenvalue weighted by atomic mass is 79.9. The average molecular weight is 589 g/mol. The second-order valence-electron chi connectivity index (χ2n) is 8.21. The molecule has 0 saturated carbocycles. The van der Waals surface area contributed by atoms with Gasteiger partial charge in [0.1, 0.15) is 18.3 Å². The van der Waals surface area contributed by atoms with Crippen LogP contribution in [0.25, 0.3) is 0 Å². The number of likely N-dealkylation sites (N-methyl/N-ethyl adjacent to an activating group) is 1. The summed E-state index contributed by atoms with van der Waals surface area (Å²) in [6, 6.07) is 21.0. The summed E-state index contributed by atoms with van der Waals surface area (Å²) in [5, 5.41) is 2.61. The van der Waals surface area contributed by atoms with E-state index in [9.17, 15) is 18.0 Å². The first kappa shape index (κ1) is 28.2. The Hall–Kier alpha value is -3.37. The number of nitrogens with one attached hydrogen (secondary N) is 1. The quantitative estimate of drug-likeness (QED) is 0.362. The molecule has 0 heterocycles. The summed E-state index contributed by atoms with van der Waals surface area (Å²) in [5.74, 6) is -0.235. The van der Waals surface area contributed by atoms with E-state index in [4.69, 9.17) is 4.74 Å². The molecular weight excluding hydrogens is 558 g/mol. The number of halogens is 1. The van der Waals surface area contributed by atoms with E-state index in [-0.39, 0.29) is 17.3 Å². The first-order chi connectivity index (χ1) is 17.7. The van der Waals surface area contributed by atoms with Gasteiger partial charge in [-0.05, 0) is 60.5 Å². The molecule has 0 spiro atoms. The van der Waals surface area contributed by atoms with Gasteiger partial charge < -0.3 is 15.0 Å². The Morgan fingerprint density at radius 2 is 1.68 bits per heavy atom. The van der Waals surface area contributed by atoms with Crippen LogP contribution in [0.4, 0.5) is 5.69 Å². The molecule has 0 aromatic heterocycles. The highest BCUT2D eigenvalue weighted by Crippen LogP contribution is 2.26. The van der Waals surface area contributed by atoms with Crippen molar-refractivity contribution in [3.05, 3.63) is 88.9 Å². The molecule has 0 fully saturated rings. The minimum atomic E-state index is -4.09. The molecule has 0 aliphatic carbocycles. The number of methoxy groups -OCH3 is 1. The van der Waals surface area contributed by atoms with E-state index in [2.05, 4.69) is 21.2 Å². The molecule has 0 saturated heterocycles. The Morgan fingerprint density at radius 1 is 1.00 bits per heavy atom. The van der Waals surface area contributed by atoms with Crippen LogP contribution in [-0.4, -0.2) is 51.9 Å². The zero-order chi connectivity index (χ0) is 27.0. The van der Waals surface area contributed by atoms with Crippen LogP contribution in [-0.2, 0) is 26.2 Å². The van der Waals surface area contributed by atoms with E-state index in [1.54, 1.807) is 74.7 Å². The van der Waals surface area contributed by atoms with Crippen molar-refractivity contribution in [2.45, 2.75) is 30.8 Å². The van der Waals surface area contributed by atoms with Gasteiger partial charge in [-0.25, -0.2) is 8.42 Å². The third-order valence-electron chi connectivity index (χ3n) is 5.84. The lowest BCUT2D eigenvalue weighted by Crippen LogP contribution is -2.51. The van der Waals surface area contributed by atoms with E-state index in [1.807, 2.05) is 6.07 Å². The fourth-order valence-corrected chi connectivity index (χ4v) is 5.61. The van der Waals surface area contributed by atoms with Crippen LogP contribution in [0, 0.1) is 0 Å². The Bertz CT molecular complexity index is 1320. The molecule has 0 unspecified atom stereocenters. The minimum Gasteiger partial charge on any atom is -0.497 e. The zero-order valence-corrected chi connectivity index (χ0v) is 23.3. The van der Waals surface area contributed by atoms with Crippen molar-refractivity contribution in [2.75, 3.05) is 25.0 Å². The van der Waals surface area contributed by atoms with Crippen LogP contribution in [0.1, 0.15) is 18.9 Å². The maximum absolute atomic E-state index is 13.9. The van der Waals surface area contributed by atoms with Crippen LogP contribution in [0.15, 0.2) is 88.2 Å². The van der Waals surface area contributed by atoms with E-state index < -0.39 is 28.5 Å². The Morgan fingerprint density at radius 3 is 2.27 bits per heavy atom. The molecule has 0 bridgehead atoms. The third-order valence-corrected chi connectivity index (χ3v) is 8.16. The highest BCUT2D eigenvalue weighted by Gasteiger charge is 2.33. The normalized spacial score (nSPS) is 11.9. The first-order valence-electron chi connectivity index (χ1n) is 11.7. The molecule has 0 aliphatic rings. The molecule has 1 atom stereocenters. The van der Waals surface area contributed by atoms with Crippen LogP contribution in [0.2, 0.25) is 0 Å². The maximum Gasteiger partial charge on any atom is 0.264 e. The summed E-state index contributed by atoms with van der Waals surface area (Å²) in [5.41, 5.74) is 1.07. The predicted octanol–water partition coefficient (Wildman–Crippen LogP) is 4.21. The van der Waals surface area contributed by atoms with Crippen molar-refractivity contribution in [1.29, 1.82) is 0 Å². The molecule has 0 aliphatic heterocycles. The number of carbonyl (C=O) groups excluding carboxylic acids is 2. The van der Waals surface area contributed by atoms with Crippen LogP contribution in [0.5, 0.6) is 5.75 Å². The van der Waals surface area contributed by atoms with Crippen molar-refractivity contribution in [3.63, 3.8) is 0 Å². The molecule has 0 radical (unpaired) electrons. The summed E-state index contributed by atoms with van der Waals surface area (Å²) < 4.78 is 34.5. The number of hydrogen-bond acceptors (Lipinski definition) is 5. The first-order valence-corrected chi connectivity index (χ1v) is 13.9. The van der Waals surface area contributed by atoms with Gasteiger partial charge in [-0.15, -0.1) is 0 Å². The number of rotatable bonds is 11. The van der Waals surface area contributed by atoms with Gasteiger partial charge in [0.15, 0.2) is 0 Å². The lowest BCUT2D eigenvalue weighted by atomic mass is 10.1. The fourth-order valence-electron chi connectivity index (χ4n) is 3.91. The van der Waals surface area contributed by atoms with Gasteiger partial charge in [-0.3, -0.25) is 13.9 Å². The molecule has 8 nitrogen and oxygen atoms in total. The molecule has 2 amide bonds. The number of hydrogen-bond donors (Lipinski definition) is 1. The number of carbonyl (C=O) groups is 2. The van der Waals surface area contributed by atoms with Crippen LogP contribution in [0.3, 0.4) is 0 Å². The number of ether oxygens (including phenoxy) is 1. The van der Waals surface area contributed by atoms with Crippen molar-refractivity contribution in [2.24, 2.45) is 0 Å². The smallest absolute Gasteiger partial charge is 0.264 e. The van der Waals surface area contributed by atoms with E-state index in [0.717, 1.165) is 14.3 Å². The minimum absolute atomic E-state index is 0.0587. The van der Waals surface area contributed by atoms with Gasteiger partial charge in [0.05, 0.1) is 17.7 Å². The van der Waals surface area contributed by atoms with Crippen molar-refractivity contribution >= 4 is 43.5 Å². The molecule has 196 valence electrons. The third kappa shape index (κ3) is 6.90. The van der Waals surface area contributed by atoms with Crippen molar-refractivity contribution in [1.82, 2.24) is 10.2 Å². The monoisotopic (exact) mass is 587 g/mol. The Labute approximate surface area is 226 Å². The van der Waals surface area contributed by atoms with Crippen LogP contribution < -0.4 is 14.4 Å². The molecule has 37 heavy (non-hydrogen) atoms. The van der Waals surface area contributed by atoms with E-state index >= 15 is 0 Å². The number of anilines is 1. The molecule has 10 heteroatoms. The van der Waals surface area contributed by atoms with Gasteiger partial charge >= 0.3 is 0 Å². The van der Waals surface area contributed by atoms with E-state index in [0.29, 0.717) is 17.9 Å². The van der Waals surface area contributed by atoms with Crippen molar-refractivity contribution < 1.29 is 22.7 Å². The van der Waals surface area contributed by atoms with Gasteiger partial charge in [0.2, 0.25) is 11.8 Å². The topological polar surface area (TPSA) is 96.0 Å².